The molecule has 0 spiro atoms. The Morgan fingerprint density at radius 2 is 1.95 bits per heavy atom. The minimum absolute atomic E-state index is 0.964. The van der Waals surface area contributed by atoms with Gasteiger partial charge in [0, 0.05) is 23.5 Å². The molecule has 4 heterocycles. The summed E-state index contributed by atoms with van der Waals surface area (Å²) in [5.74, 6) is 0. The van der Waals surface area contributed by atoms with Crippen molar-refractivity contribution < 1.29 is 0 Å². The second kappa shape index (κ2) is 5.13. The fourth-order valence-corrected chi connectivity index (χ4v) is 2.05. The normalized spacial score (nSPS) is 10.5. The first-order chi connectivity index (χ1) is 9.72. The number of aromatic amines is 2. The molecule has 0 aliphatic heterocycles. The SMILES string of the molecule is Cc1cc2ncncc2[nH]1.Cc1cnc2[nH]ccc2c1. The lowest BCUT2D eigenvalue weighted by atomic mass is 10.2. The molecule has 5 heteroatoms. The fourth-order valence-electron chi connectivity index (χ4n) is 2.05. The average molecular weight is 265 g/mol. The first kappa shape index (κ1) is 12.3. The molecule has 0 aliphatic carbocycles. The van der Waals surface area contributed by atoms with E-state index in [1.807, 2.05) is 38.4 Å². The lowest BCUT2D eigenvalue weighted by Crippen LogP contribution is -1.76. The Morgan fingerprint density at radius 3 is 2.80 bits per heavy atom. The summed E-state index contributed by atoms with van der Waals surface area (Å²) in [6.45, 7) is 4.04. The van der Waals surface area contributed by atoms with Crippen LogP contribution in [0.15, 0.2) is 43.1 Å². The number of hydrogen-bond acceptors (Lipinski definition) is 3. The Morgan fingerprint density at radius 1 is 1.05 bits per heavy atom. The van der Waals surface area contributed by atoms with Crippen molar-refractivity contribution in [1.29, 1.82) is 0 Å². The predicted octanol–water partition coefficient (Wildman–Crippen LogP) is 3.14. The van der Waals surface area contributed by atoms with Gasteiger partial charge >= 0.3 is 0 Å². The molecular formula is C15H15N5. The van der Waals surface area contributed by atoms with Gasteiger partial charge in [-0.2, -0.15) is 0 Å². The second-order valence-corrected chi connectivity index (χ2v) is 4.70. The van der Waals surface area contributed by atoms with Gasteiger partial charge in [0.05, 0.1) is 17.2 Å². The minimum Gasteiger partial charge on any atom is -0.356 e. The van der Waals surface area contributed by atoms with E-state index in [1.54, 1.807) is 12.5 Å². The van der Waals surface area contributed by atoms with Crippen molar-refractivity contribution in [2.45, 2.75) is 13.8 Å². The summed E-state index contributed by atoms with van der Waals surface area (Å²) >= 11 is 0. The van der Waals surface area contributed by atoms with Crippen molar-refractivity contribution in [3.05, 3.63) is 54.4 Å². The average Bonchev–Trinajstić information content (AvgIpc) is 3.03. The Bertz CT molecular complexity index is 810. The number of nitrogens with zero attached hydrogens (tertiary/aromatic N) is 3. The quantitative estimate of drug-likeness (QED) is 0.513. The Balaban J connectivity index is 0.000000121. The number of nitrogens with one attached hydrogen (secondary N) is 2. The van der Waals surface area contributed by atoms with E-state index in [0.717, 1.165) is 22.4 Å². The summed E-state index contributed by atoms with van der Waals surface area (Å²) in [7, 11) is 0. The number of aryl methyl sites for hydroxylation is 2. The van der Waals surface area contributed by atoms with Crippen molar-refractivity contribution in [3.8, 4) is 0 Å². The third-order valence-corrected chi connectivity index (χ3v) is 2.96. The van der Waals surface area contributed by atoms with Gasteiger partial charge in [-0.15, -0.1) is 0 Å². The van der Waals surface area contributed by atoms with Crippen LogP contribution in [0.25, 0.3) is 22.1 Å². The van der Waals surface area contributed by atoms with Gasteiger partial charge in [-0.1, -0.05) is 0 Å². The van der Waals surface area contributed by atoms with Crippen molar-refractivity contribution in [2.24, 2.45) is 0 Å². The van der Waals surface area contributed by atoms with Crippen LogP contribution in [-0.2, 0) is 0 Å². The lowest BCUT2D eigenvalue weighted by molar-refractivity contribution is 1.21. The topological polar surface area (TPSA) is 70.2 Å². The largest absolute Gasteiger partial charge is 0.356 e. The number of aromatic nitrogens is 5. The molecule has 0 saturated carbocycles. The van der Waals surface area contributed by atoms with Crippen molar-refractivity contribution in [3.63, 3.8) is 0 Å². The van der Waals surface area contributed by atoms with E-state index in [9.17, 15) is 0 Å². The van der Waals surface area contributed by atoms with E-state index >= 15 is 0 Å². The molecule has 0 fully saturated rings. The van der Waals surface area contributed by atoms with Gasteiger partial charge in [0.25, 0.3) is 0 Å². The van der Waals surface area contributed by atoms with Crippen LogP contribution in [0.4, 0.5) is 0 Å². The van der Waals surface area contributed by atoms with Gasteiger partial charge in [-0.3, -0.25) is 0 Å². The maximum Gasteiger partial charge on any atom is 0.137 e. The van der Waals surface area contributed by atoms with E-state index in [1.165, 1.54) is 10.9 Å². The maximum atomic E-state index is 4.19. The van der Waals surface area contributed by atoms with E-state index in [0.29, 0.717) is 0 Å². The molecule has 2 N–H and O–H groups in total. The van der Waals surface area contributed by atoms with Crippen LogP contribution < -0.4 is 0 Å². The standard InChI is InChI=1S/C8H8N2.C7H7N3/c1-6-4-7-2-3-9-8(7)10-5-6;1-5-2-6-7(10-5)3-8-4-9-6/h2-5H,1H3,(H,9,10);2-4,10H,1H3. The van der Waals surface area contributed by atoms with Gasteiger partial charge < -0.3 is 9.97 Å². The monoisotopic (exact) mass is 265 g/mol. The van der Waals surface area contributed by atoms with E-state index in [-0.39, 0.29) is 0 Å². The number of pyridine rings is 1. The smallest absolute Gasteiger partial charge is 0.137 e. The highest BCUT2D eigenvalue weighted by Crippen LogP contribution is 2.09. The van der Waals surface area contributed by atoms with Crippen molar-refractivity contribution >= 4 is 22.1 Å². The van der Waals surface area contributed by atoms with Crippen LogP contribution in [0.2, 0.25) is 0 Å². The molecule has 4 aromatic rings. The molecular weight excluding hydrogens is 250 g/mol. The van der Waals surface area contributed by atoms with Crippen molar-refractivity contribution in [1.82, 2.24) is 24.9 Å². The molecule has 0 atom stereocenters. The molecule has 20 heavy (non-hydrogen) atoms. The van der Waals surface area contributed by atoms with Crippen LogP contribution >= 0.6 is 0 Å². The summed E-state index contributed by atoms with van der Waals surface area (Å²) in [6, 6.07) is 6.13. The summed E-state index contributed by atoms with van der Waals surface area (Å²) in [4.78, 5) is 18.3. The highest BCUT2D eigenvalue weighted by atomic mass is 14.9. The molecule has 0 aromatic carbocycles. The first-order valence-corrected chi connectivity index (χ1v) is 6.37. The molecule has 4 aromatic heterocycles. The molecule has 0 amide bonds. The second-order valence-electron chi connectivity index (χ2n) is 4.70. The number of fused-ring (bicyclic) bond motifs is 2. The Kier molecular flexibility index (Phi) is 3.16. The fraction of sp³-hybridized carbons (Fsp3) is 0.133. The lowest BCUT2D eigenvalue weighted by Gasteiger charge is -1.89. The minimum atomic E-state index is 0.964. The third kappa shape index (κ3) is 2.51. The molecule has 4 rings (SSSR count). The summed E-state index contributed by atoms with van der Waals surface area (Å²) < 4.78 is 0. The van der Waals surface area contributed by atoms with Gasteiger partial charge in [-0.25, -0.2) is 15.0 Å². The van der Waals surface area contributed by atoms with Crippen LogP contribution in [0.5, 0.6) is 0 Å². The van der Waals surface area contributed by atoms with Crippen LogP contribution in [-0.4, -0.2) is 24.9 Å². The molecule has 100 valence electrons. The summed E-state index contributed by atoms with van der Waals surface area (Å²) in [6.07, 6.45) is 7.08. The molecule has 0 radical (unpaired) electrons. The zero-order valence-electron chi connectivity index (χ0n) is 11.4. The molecule has 0 saturated heterocycles. The van der Waals surface area contributed by atoms with E-state index in [4.69, 9.17) is 0 Å². The highest BCUT2D eigenvalue weighted by molar-refractivity contribution is 5.75. The number of H-pyrrole nitrogens is 2. The van der Waals surface area contributed by atoms with E-state index < -0.39 is 0 Å². The Hall–Kier alpha value is -2.69. The molecule has 5 nitrogen and oxygen atoms in total. The van der Waals surface area contributed by atoms with Gasteiger partial charge in [0.2, 0.25) is 0 Å². The van der Waals surface area contributed by atoms with Gasteiger partial charge in [0.1, 0.15) is 12.0 Å². The summed E-state index contributed by atoms with van der Waals surface area (Å²) in [5.41, 5.74) is 5.26. The zero-order valence-corrected chi connectivity index (χ0v) is 11.4. The zero-order chi connectivity index (χ0) is 13.9. The third-order valence-electron chi connectivity index (χ3n) is 2.96. The molecule has 0 bridgehead atoms. The number of rotatable bonds is 0. The van der Waals surface area contributed by atoms with Gasteiger partial charge in [-0.05, 0) is 37.6 Å². The first-order valence-electron chi connectivity index (χ1n) is 6.37. The number of hydrogen-bond donors (Lipinski definition) is 2. The van der Waals surface area contributed by atoms with E-state index in [2.05, 4.69) is 31.0 Å². The van der Waals surface area contributed by atoms with Gasteiger partial charge in [0.15, 0.2) is 0 Å². The van der Waals surface area contributed by atoms with Crippen molar-refractivity contribution in [2.75, 3.05) is 0 Å². The van der Waals surface area contributed by atoms with Crippen LogP contribution in [0.1, 0.15) is 11.3 Å². The molecule has 0 aliphatic rings. The van der Waals surface area contributed by atoms with Crippen LogP contribution in [0.3, 0.4) is 0 Å². The van der Waals surface area contributed by atoms with Crippen LogP contribution in [0, 0.1) is 13.8 Å². The maximum absolute atomic E-state index is 4.19. The molecule has 0 unspecified atom stereocenters. The summed E-state index contributed by atoms with van der Waals surface area (Å²) in [5, 5.41) is 1.18. The highest BCUT2D eigenvalue weighted by Gasteiger charge is 1.95. The Labute approximate surface area is 116 Å². The predicted molar refractivity (Wildman–Crippen MR) is 79.5 cm³/mol.